The van der Waals surface area contributed by atoms with Crippen molar-refractivity contribution >= 4 is 28.9 Å². The van der Waals surface area contributed by atoms with Crippen LogP contribution in [0.2, 0.25) is 5.15 Å². The minimum atomic E-state index is -0.482. The maximum Gasteiger partial charge on any atom is 0.269 e. The molecule has 128 valence electrons. The Hall–Kier alpha value is -3.43. The molecule has 0 saturated heterocycles. The van der Waals surface area contributed by atoms with Crippen LogP contribution >= 0.6 is 11.6 Å². The molecule has 26 heavy (non-hydrogen) atoms. The van der Waals surface area contributed by atoms with Crippen molar-refractivity contribution in [1.82, 2.24) is 9.78 Å². The molecule has 0 N–H and O–H groups in total. The smallest absolute Gasteiger partial charge is 0.258 e. The van der Waals surface area contributed by atoms with Crippen LogP contribution in [-0.2, 0) is 0 Å². The van der Waals surface area contributed by atoms with E-state index in [0.29, 0.717) is 16.7 Å². The van der Waals surface area contributed by atoms with Gasteiger partial charge in [-0.25, -0.2) is 4.68 Å². The second-order valence-electron chi connectivity index (χ2n) is 5.51. The van der Waals surface area contributed by atoms with Gasteiger partial charge < -0.3 is 0 Å². The number of nitrogens with zero attached hydrogens (tertiary/aromatic N) is 4. The summed E-state index contributed by atoms with van der Waals surface area (Å²) in [5.74, 6) is 0. The lowest BCUT2D eigenvalue weighted by Gasteiger charge is -2.04. The van der Waals surface area contributed by atoms with E-state index in [1.165, 1.54) is 24.3 Å². The molecule has 3 aromatic rings. The van der Waals surface area contributed by atoms with Gasteiger partial charge in [0.15, 0.2) is 5.15 Å². The summed E-state index contributed by atoms with van der Waals surface area (Å²) in [4.78, 5) is 10.3. The summed E-state index contributed by atoms with van der Waals surface area (Å²) in [6.07, 6.45) is 1.64. The molecule has 0 aliphatic heterocycles. The number of hydrogen-bond donors (Lipinski definition) is 0. The number of nitriles is 1. The molecule has 0 atom stereocenters. The molecule has 2 aromatic carbocycles. The van der Waals surface area contributed by atoms with E-state index >= 15 is 0 Å². The summed E-state index contributed by atoms with van der Waals surface area (Å²) < 4.78 is 1.71. The zero-order chi connectivity index (χ0) is 18.7. The second-order valence-corrected chi connectivity index (χ2v) is 5.87. The van der Waals surface area contributed by atoms with E-state index in [9.17, 15) is 15.4 Å². The number of halogens is 1. The number of benzene rings is 2. The standard InChI is InChI=1S/C19H13ClN4O2/c1-13-18(19(20)22-23(13)16-5-3-2-4-6-16)11-15(12-21)14-7-9-17(10-8-14)24(25)26/h2-11H,1H3/b15-11+. The zero-order valence-corrected chi connectivity index (χ0v) is 14.5. The Balaban J connectivity index is 2.04. The van der Waals surface area contributed by atoms with Crippen molar-refractivity contribution in [3.05, 3.63) is 86.7 Å². The Labute approximate surface area is 154 Å². The van der Waals surface area contributed by atoms with Crippen LogP contribution in [0, 0.1) is 28.4 Å². The molecule has 6 nitrogen and oxygen atoms in total. The summed E-state index contributed by atoms with van der Waals surface area (Å²) in [6, 6.07) is 17.4. The molecular formula is C19H13ClN4O2. The van der Waals surface area contributed by atoms with Gasteiger partial charge in [-0.3, -0.25) is 10.1 Å². The second kappa shape index (κ2) is 7.21. The van der Waals surface area contributed by atoms with Crippen molar-refractivity contribution < 1.29 is 4.92 Å². The summed E-state index contributed by atoms with van der Waals surface area (Å²) in [6.45, 7) is 1.86. The lowest BCUT2D eigenvalue weighted by molar-refractivity contribution is -0.384. The molecule has 0 fully saturated rings. The molecule has 0 amide bonds. The Morgan fingerprint density at radius 3 is 2.46 bits per heavy atom. The number of nitro groups is 1. The third kappa shape index (κ3) is 3.34. The van der Waals surface area contributed by atoms with Gasteiger partial charge in [-0.2, -0.15) is 10.4 Å². The normalized spacial score (nSPS) is 11.2. The molecule has 0 spiro atoms. The summed E-state index contributed by atoms with van der Waals surface area (Å²) in [5, 5.41) is 24.9. The van der Waals surface area contributed by atoms with E-state index in [0.717, 1.165) is 11.4 Å². The van der Waals surface area contributed by atoms with E-state index in [2.05, 4.69) is 11.2 Å². The first kappa shape index (κ1) is 17.4. The van der Waals surface area contributed by atoms with Gasteiger partial charge in [-0.15, -0.1) is 0 Å². The van der Waals surface area contributed by atoms with E-state index in [1.54, 1.807) is 10.8 Å². The van der Waals surface area contributed by atoms with Gasteiger partial charge in [-0.05, 0) is 42.8 Å². The molecule has 1 aromatic heterocycles. The quantitative estimate of drug-likeness (QED) is 0.378. The van der Waals surface area contributed by atoms with Crippen molar-refractivity contribution in [2.75, 3.05) is 0 Å². The van der Waals surface area contributed by atoms with Gasteiger partial charge in [0.05, 0.1) is 27.9 Å². The number of aromatic nitrogens is 2. The first-order valence-electron chi connectivity index (χ1n) is 7.68. The maximum absolute atomic E-state index is 10.8. The summed E-state index contributed by atoms with van der Waals surface area (Å²) in [5.41, 5.74) is 3.16. The third-order valence-electron chi connectivity index (χ3n) is 3.92. The Morgan fingerprint density at radius 1 is 1.23 bits per heavy atom. The Kier molecular flexibility index (Phi) is 4.83. The van der Waals surface area contributed by atoms with Crippen LogP contribution in [0.15, 0.2) is 54.6 Å². The van der Waals surface area contributed by atoms with Gasteiger partial charge >= 0.3 is 0 Å². The minimum absolute atomic E-state index is 0.0304. The molecular weight excluding hydrogens is 352 g/mol. The zero-order valence-electron chi connectivity index (χ0n) is 13.8. The average Bonchev–Trinajstić information content (AvgIpc) is 2.94. The number of non-ortho nitro benzene ring substituents is 1. The van der Waals surface area contributed by atoms with Crippen LogP contribution in [0.5, 0.6) is 0 Å². The Morgan fingerprint density at radius 2 is 1.88 bits per heavy atom. The Bertz CT molecular complexity index is 1030. The number of nitro benzene ring substituents is 1. The van der Waals surface area contributed by atoms with Crippen LogP contribution in [0.4, 0.5) is 5.69 Å². The van der Waals surface area contributed by atoms with Crippen molar-refractivity contribution in [2.45, 2.75) is 6.92 Å². The molecule has 1 heterocycles. The maximum atomic E-state index is 10.8. The molecule has 0 saturated carbocycles. The molecule has 0 aliphatic carbocycles. The number of rotatable bonds is 4. The highest BCUT2D eigenvalue weighted by Gasteiger charge is 2.14. The average molecular weight is 365 g/mol. The van der Waals surface area contributed by atoms with Crippen molar-refractivity contribution in [3.8, 4) is 11.8 Å². The highest BCUT2D eigenvalue weighted by atomic mass is 35.5. The molecule has 0 unspecified atom stereocenters. The highest BCUT2D eigenvalue weighted by molar-refractivity contribution is 6.31. The molecule has 0 bridgehead atoms. The van der Waals surface area contributed by atoms with Gasteiger partial charge in [0.25, 0.3) is 5.69 Å². The molecule has 7 heteroatoms. The van der Waals surface area contributed by atoms with E-state index < -0.39 is 4.92 Å². The summed E-state index contributed by atoms with van der Waals surface area (Å²) >= 11 is 6.28. The monoisotopic (exact) mass is 364 g/mol. The first-order valence-corrected chi connectivity index (χ1v) is 8.06. The predicted octanol–water partition coefficient (Wildman–Crippen LogP) is 4.81. The van der Waals surface area contributed by atoms with Crippen LogP contribution < -0.4 is 0 Å². The van der Waals surface area contributed by atoms with E-state index in [4.69, 9.17) is 11.6 Å². The van der Waals surface area contributed by atoms with Gasteiger partial charge in [0, 0.05) is 17.7 Å². The fourth-order valence-electron chi connectivity index (χ4n) is 2.55. The van der Waals surface area contributed by atoms with Crippen molar-refractivity contribution in [2.24, 2.45) is 0 Å². The van der Waals surface area contributed by atoms with E-state index in [1.807, 2.05) is 37.3 Å². The van der Waals surface area contributed by atoms with Crippen LogP contribution in [0.25, 0.3) is 17.3 Å². The highest BCUT2D eigenvalue weighted by Crippen LogP contribution is 2.27. The van der Waals surface area contributed by atoms with E-state index in [-0.39, 0.29) is 10.8 Å². The fraction of sp³-hybridized carbons (Fsp3) is 0.0526. The molecule has 0 aliphatic rings. The topological polar surface area (TPSA) is 84.8 Å². The first-order chi connectivity index (χ1) is 12.5. The minimum Gasteiger partial charge on any atom is -0.258 e. The van der Waals surface area contributed by atoms with Crippen molar-refractivity contribution in [1.29, 1.82) is 5.26 Å². The van der Waals surface area contributed by atoms with Crippen LogP contribution in [0.1, 0.15) is 16.8 Å². The van der Waals surface area contributed by atoms with Crippen molar-refractivity contribution in [3.63, 3.8) is 0 Å². The predicted molar refractivity (Wildman–Crippen MR) is 99.9 cm³/mol. The van der Waals surface area contributed by atoms with Crippen LogP contribution in [-0.4, -0.2) is 14.7 Å². The number of para-hydroxylation sites is 1. The van der Waals surface area contributed by atoms with Gasteiger partial charge in [-0.1, -0.05) is 29.8 Å². The molecule has 0 radical (unpaired) electrons. The summed E-state index contributed by atoms with van der Waals surface area (Å²) in [7, 11) is 0. The van der Waals surface area contributed by atoms with Gasteiger partial charge in [0.2, 0.25) is 0 Å². The number of hydrogen-bond acceptors (Lipinski definition) is 4. The van der Waals surface area contributed by atoms with Gasteiger partial charge in [0.1, 0.15) is 0 Å². The lowest BCUT2D eigenvalue weighted by Crippen LogP contribution is -1.98. The number of allylic oxidation sites excluding steroid dienone is 1. The fourth-order valence-corrected chi connectivity index (χ4v) is 2.82. The largest absolute Gasteiger partial charge is 0.269 e. The SMILES string of the molecule is Cc1c(/C=C(\C#N)c2ccc([N+](=O)[O-])cc2)c(Cl)nn1-c1ccccc1. The van der Waals surface area contributed by atoms with Crippen LogP contribution in [0.3, 0.4) is 0 Å². The lowest BCUT2D eigenvalue weighted by atomic mass is 10.0. The molecule has 3 rings (SSSR count). The third-order valence-corrected chi connectivity index (χ3v) is 4.20.